The molecule has 0 aliphatic carbocycles. The summed E-state index contributed by atoms with van der Waals surface area (Å²) in [7, 11) is 0. The molecule has 6 aliphatic rings. The third-order valence-electron chi connectivity index (χ3n) is 27.8. The lowest BCUT2D eigenvalue weighted by Crippen LogP contribution is -2.65. The third kappa shape index (κ3) is 10.7. The van der Waals surface area contributed by atoms with Crippen LogP contribution in [-0.4, -0.2) is 20.1 Å². The van der Waals surface area contributed by atoms with Gasteiger partial charge in [-0.05, 0) is 279 Å². The van der Waals surface area contributed by atoms with Crippen LogP contribution in [0.4, 0.5) is 51.2 Å². The zero-order valence-electron chi connectivity index (χ0n) is 69.5. The summed E-state index contributed by atoms with van der Waals surface area (Å²) < 4.78 is 28.6. The summed E-state index contributed by atoms with van der Waals surface area (Å²) >= 11 is 3.84. The van der Waals surface area contributed by atoms with Crippen LogP contribution in [0.15, 0.2) is 146 Å². The standard InChI is InChI=1S/C99H106B3N3O3S2/c1-25-95(15,16)61-32-36-83-67(42-61)90-92(109-83)101-70-50-69-74(52-73(70)103(66-34-30-60(31-35-66)94(12,13)14)76-44-63(97(19,20)27-3)48-81(107-90)86(76)101)104(88-56(8)38-54(6)39-57(88)9)77-45-64(98(21,22)28-4)47-80-85(77)100(69)72-51-71-75(53-79(72)106-80)105(89-58(10)40-55(7)41-59(89)11)78-46-65(99(23,24)29-5)49-82-87(78)102(71)93-91(108-82)68-43-62(96(17,18)26-2)33-37-84(68)110-93/h30-53H,25-29H2,1-24H3. The van der Waals surface area contributed by atoms with Crippen LogP contribution in [0.5, 0.6) is 34.5 Å². The van der Waals surface area contributed by atoms with Gasteiger partial charge in [0.1, 0.15) is 34.5 Å². The number of thiophene rings is 2. The molecule has 0 saturated heterocycles. The van der Waals surface area contributed by atoms with Crippen molar-refractivity contribution in [3.05, 3.63) is 212 Å². The largest absolute Gasteiger partial charge is 0.458 e. The molecule has 6 aliphatic heterocycles. The smallest absolute Gasteiger partial charge is 0.268 e. The minimum absolute atomic E-state index is 0.0241. The number of fused-ring (bicyclic) bond motifs is 16. The molecule has 18 rings (SSSR count). The molecule has 10 aromatic carbocycles. The zero-order chi connectivity index (χ0) is 77.6. The summed E-state index contributed by atoms with van der Waals surface area (Å²) in [5.74, 6) is 5.67. The first-order valence-electron chi connectivity index (χ1n) is 40.8. The predicted molar refractivity (Wildman–Crippen MR) is 478 cm³/mol. The maximum atomic E-state index is 8.08. The number of aryl methyl sites for hydroxylation is 6. The van der Waals surface area contributed by atoms with E-state index in [1.807, 2.05) is 22.7 Å². The van der Waals surface area contributed by atoms with E-state index in [4.69, 9.17) is 14.2 Å². The molecule has 0 N–H and O–H groups in total. The van der Waals surface area contributed by atoms with Crippen molar-refractivity contribution in [2.75, 3.05) is 14.7 Å². The Kier molecular flexibility index (Phi) is 16.4. The fourth-order valence-electron chi connectivity index (χ4n) is 19.1. The lowest BCUT2D eigenvalue weighted by Gasteiger charge is -2.46. The summed E-state index contributed by atoms with van der Waals surface area (Å²) in [5.41, 5.74) is 33.7. The van der Waals surface area contributed by atoms with Crippen molar-refractivity contribution in [3.8, 4) is 34.5 Å². The van der Waals surface area contributed by atoms with E-state index in [0.29, 0.717) is 0 Å². The molecule has 0 bridgehead atoms. The first-order valence-corrected chi connectivity index (χ1v) is 42.5. The van der Waals surface area contributed by atoms with Gasteiger partial charge in [-0.2, -0.15) is 0 Å². The predicted octanol–water partition coefficient (Wildman–Crippen LogP) is 22.9. The van der Waals surface area contributed by atoms with E-state index in [9.17, 15) is 0 Å². The molecule has 0 spiro atoms. The summed E-state index contributed by atoms with van der Waals surface area (Å²) in [6, 6.07) is 59.0. The first-order chi connectivity index (χ1) is 52.1. The van der Waals surface area contributed by atoms with E-state index in [0.717, 1.165) is 78.0 Å². The van der Waals surface area contributed by atoms with Crippen molar-refractivity contribution in [1.82, 2.24) is 0 Å². The van der Waals surface area contributed by atoms with Gasteiger partial charge in [0.2, 0.25) is 0 Å². The summed E-state index contributed by atoms with van der Waals surface area (Å²) in [6.45, 7) is 55.8. The molecule has 8 heterocycles. The van der Waals surface area contributed by atoms with Gasteiger partial charge in [-0.15, -0.1) is 22.7 Å². The molecule has 556 valence electrons. The van der Waals surface area contributed by atoms with E-state index in [-0.39, 0.29) is 52.6 Å². The Bertz CT molecular complexity index is 5910. The molecule has 12 aromatic rings. The average Bonchev–Trinajstić information content (AvgIpc) is 1.14. The second-order valence-corrected chi connectivity index (χ2v) is 39.9. The summed E-state index contributed by atoms with van der Waals surface area (Å²) in [4.78, 5) is 7.97. The van der Waals surface area contributed by atoms with Crippen LogP contribution in [0.3, 0.4) is 0 Å². The molecule has 6 nitrogen and oxygen atoms in total. The molecule has 0 fully saturated rings. The van der Waals surface area contributed by atoms with E-state index >= 15 is 0 Å². The van der Waals surface area contributed by atoms with Crippen LogP contribution in [-0.2, 0) is 32.5 Å². The number of anilines is 9. The van der Waals surface area contributed by atoms with Gasteiger partial charge >= 0.3 is 0 Å². The highest BCUT2D eigenvalue weighted by Crippen LogP contribution is 2.55. The molecule has 0 unspecified atom stereocenters. The molecule has 110 heavy (non-hydrogen) atoms. The van der Waals surface area contributed by atoms with Gasteiger partial charge in [0, 0.05) is 75.6 Å². The van der Waals surface area contributed by atoms with Crippen LogP contribution in [0, 0.1) is 41.5 Å². The number of nitrogens with zero attached hydrogens (tertiary/aromatic N) is 3. The fraction of sp³-hybridized carbons (Fsp3) is 0.354. The molecular weight excluding hydrogens is 1380 g/mol. The first kappa shape index (κ1) is 72.6. The SMILES string of the molecule is CCC(C)(C)c1cc2c3c(c1)N(c1ccc(C(C)(C)C)cc1)c1cc4c(cc1B3c1sc3ccc(C(C)(C)CC)cc3c1O2)B1c2cc3c(cc2Oc2cc(C(C)(C)CC)cc(c21)N4c1c(C)cc(C)cc1C)N(c1c(C)cc(C)cc1C)c1cc(C(C)(C)CC)cc2c1B3c1sc3ccc(C(C)(C)CC)cc3c1O2. The Labute approximate surface area is 663 Å². The lowest BCUT2D eigenvalue weighted by molar-refractivity contribution is 0.475. The Morgan fingerprint density at radius 2 is 0.655 bits per heavy atom. The van der Waals surface area contributed by atoms with Crippen molar-refractivity contribution < 1.29 is 14.2 Å². The van der Waals surface area contributed by atoms with E-state index in [1.54, 1.807) is 0 Å². The number of benzene rings is 10. The van der Waals surface area contributed by atoms with Crippen LogP contribution in [0.2, 0.25) is 0 Å². The fourth-order valence-corrected chi connectivity index (χ4v) is 21.6. The average molecular weight is 1480 g/mol. The number of hydrogen-bond acceptors (Lipinski definition) is 8. The molecule has 0 radical (unpaired) electrons. The summed E-state index contributed by atoms with van der Waals surface area (Å²) in [5, 5.41) is 2.39. The maximum absolute atomic E-state index is 8.08. The molecular formula is C99H106B3N3O3S2. The van der Waals surface area contributed by atoms with Gasteiger partial charge in [0.15, 0.2) is 0 Å². The quantitative estimate of drug-likeness (QED) is 0.107. The molecule has 0 saturated carbocycles. The Hall–Kier alpha value is -8.89. The highest BCUT2D eigenvalue weighted by molar-refractivity contribution is 7.34. The monoisotopic (exact) mass is 1480 g/mol. The molecule has 0 atom stereocenters. The highest BCUT2D eigenvalue weighted by atomic mass is 32.1. The summed E-state index contributed by atoms with van der Waals surface area (Å²) in [6.07, 6.45) is 4.93. The van der Waals surface area contributed by atoms with Crippen molar-refractivity contribution in [3.63, 3.8) is 0 Å². The van der Waals surface area contributed by atoms with Crippen LogP contribution in [0.25, 0.3) is 20.2 Å². The van der Waals surface area contributed by atoms with Crippen molar-refractivity contribution in [2.24, 2.45) is 0 Å². The van der Waals surface area contributed by atoms with Gasteiger partial charge in [0.25, 0.3) is 20.1 Å². The van der Waals surface area contributed by atoms with E-state index in [1.165, 1.54) is 175 Å². The number of hydrogen-bond donors (Lipinski definition) is 0. The van der Waals surface area contributed by atoms with Crippen molar-refractivity contribution in [1.29, 1.82) is 0 Å². The van der Waals surface area contributed by atoms with Crippen LogP contribution in [0.1, 0.15) is 223 Å². The minimum Gasteiger partial charge on any atom is -0.458 e. The molecule has 0 amide bonds. The van der Waals surface area contributed by atoms with Gasteiger partial charge in [0.05, 0.1) is 11.4 Å². The normalized spacial score (nSPS) is 14.7. The Morgan fingerprint density at radius 1 is 0.309 bits per heavy atom. The van der Waals surface area contributed by atoms with E-state index < -0.39 is 0 Å². The lowest BCUT2D eigenvalue weighted by atomic mass is 9.30. The molecule has 2 aromatic heterocycles. The Morgan fingerprint density at radius 3 is 1.06 bits per heavy atom. The van der Waals surface area contributed by atoms with Gasteiger partial charge in [-0.1, -0.05) is 196 Å². The Balaban J connectivity index is 0.987. The van der Waals surface area contributed by atoms with E-state index in [2.05, 4.69) is 326 Å². The number of ether oxygens (including phenoxy) is 3. The zero-order valence-corrected chi connectivity index (χ0v) is 71.1. The minimum atomic E-state index is -0.283. The van der Waals surface area contributed by atoms with Crippen molar-refractivity contribution >= 4 is 162 Å². The van der Waals surface area contributed by atoms with Crippen LogP contribution >= 0.6 is 22.7 Å². The highest BCUT2D eigenvalue weighted by Gasteiger charge is 2.52. The van der Waals surface area contributed by atoms with Gasteiger partial charge in [-0.3, -0.25) is 0 Å². The second kappa shape index (κ2) is 24.8. The molecule has 11 heteroatoms. The topological polar surface area (TPSA) is 37.4 Å². The van der Waals surface area contributed by atoms with Crippen LogP contribution < -0.4 is 76.7 Å². The maximum Gasteiger partial charge on any atom is 0.268 e. The third-order valence-corrected chi connectivity index (χ3v) is 30.2. The van der Waals surface area contributed by atoms with Gasteiger partial charge in [-0.25, -0.2) is 0 Å². The van der Waals surface area contributed by atoms with Crippen molar-refractivity contribution in [2.45, 2.75) is 231 Å². The number of rotatable bonds is 13. The van der Waals surface area contributed by atoms with Gasteiger partial charge < -0.3 is 28.9 Å². The second-order valence-electron chi connectivity index (χ2n) is 37.7.